The van der Waals surface area contributed by atoms with Crippen LogP contribution in [0, 0.1) is 17.8 Å². The Morgan fingerprint density at radius 3 is 2.71 bits per heavy atom. The van der Waals surface area contributed by atoms with Crippen molar-refractivity contribution >= 4 is 0 Å². The summed E-state index contributed by atoms with van der Waals surface area (Å²) in [6.45, 7) is 4.55. The van der Waals surface area contributed by atoms with Crippen molar-refractivity contribution in [3.63, 3.8) is 0 Å². The van der Waals surface area contributed by atoms with Gasteiger partial charge in [-0.05, 0) is 61.3 Å². The molecule has 1 aromatic rings. The first-order valence-electron chi connectivity index (χ1n) is 8.48. The normalized spacial score (nSPS) is 31.4. The van der Waals surface area contributed by atoms with Gasteiger partial charge in [-0.15, -0.1) is 0 Å². The minimum absolute atomic E-state index is 0.473. The number of hydrogen-bond donors (Lipinski definition) is 1. The molecule has 21 heavy (non-hydrogen) atoms. The lowest BCUT2D eigenvalue weighted by atomic mass is 9.80. The van der Waals surface area contributed by atoms with E-state index in [0.717, 1.165) is 35.8 Å². The van der Waals surface area contributed by atoms with E-state index >= 15 is 0 Å². The molecule has 4 rings (SSSR count). The van der Waals surface area contributed by atoms with Gasteiger partial charge in [-0.2, -0.15) is 0 Å². The van der Waals surface area contributed by atoms with Crippen molar-refractivity contribution in [3.05, 3.63) is 23.8 Å². The van der Waals surface area contributed by atoms with Crippen LogP contribution in [0.2, 0.25) is 0 Å². The summed E-state index contributed by atoms with van der Waals surface area (Å²) >= 11 is 0. The lowest BCUT2D eigenvalue weighted by Gasteiger charge is -2.32. The summed E-state index contributed by atoms with van der Waals surface area (Å²) in [5.41, 5.74) is 1.37. The Balaban J connectivity index is 1.61. The largest absolute Gasteiger partial charge is 0.486 e. The lowest BCUT2D eigenvalue weighted by Crippen LogP contribution is -2.31. The van der Waals surface area contributed by atoms with Crippen LogP contribution in [0.3, 0.4) is 0 Å². The summed E-state index contributed by atoms with van der Waals surface area (Å²) in [4.78, 5) is 0. The van der Waals surface area contributed by atoms with E-state index in [1.807, 2.05) is 0 Å². The van der Waals surface area contributed by atoms with E-state index in [2.05, 4.69) is 30.4 Å². The van der Waals surface area contributed by atoms with Gasteiger partial charge in [0.2, 0.25) is 0 Å². The van der Waals surface area contributed by atoms with Crippen LogP contribution in [0.15, 0.2) is 18.2 Å². The number of benzene rings is 1. The maximum absolute atomic E-state index is 5.76. The van der Waals surface area contributed by atoms with Crippen molar-refractivity contribution in [2.45, 2.75) is 38.6 Å². The minimum atomic E-state index is 0.473. The Hall–Kier alpha value is -1.22. The summed E-state index contributed by atoms with van der Waals surface area (Å²) in [7, 11) is 0. The predicted octanol–water partition coefficient (Wildman–Crippen LogP) is 3.54. The van der Waals surface area contributed by atoms with E-state index < -0.39 is 0 Å². The topological polar surface area (TPSA) is 30.5 Å². The smallest absolute Gasteiger partial charge is 0.161 e. The highest BCUT2D eigenvalue weighted by atomic mass is 16.6. The van der Waals surface area contributed by atoms with E-state index in [-0.39, 0.29) is 0 Å². The molecule has 4 atom stereocenters. The third-order valence-corrected chi connectivity index (χ3v) is 5.57. The van der Waals surface area contributed by atoms with Crippen molar-refractivity contribution in [1.29, 1.82) is 0 Å². The monoisotopic (exact) mass is 287 g/mol. The van der Waals surface area contributed by atoms with Gasteiger partial charge in [0, 0.05) is 6.04 Å². The van der Waals surface area contributed by atoms with E-state index in [9.17, 15) is 0 Å². The molecule has 1 aromatic carbocycles. The molecular weight excluding hydrogens is 262 g/mol. The number of rotatable bonds is 4. The van der Waals surface area contributed by atoms with Gasteiger partial charge >= 0.3 is 0 Å². The van der Waals surface area contributed by atoms with E-state index in [0.29, 0.717) is 19.3 Å². The lowest BCUT2D eigenvalue weighted by molar-refractivity contribution is 0.170. The van der Waals surface area contributed by atoms with Gasteiger partial charge in [-0.3, -0.25) is 0 Å². The molecule has 0 radical (unpaired) electrons. The third-order valence-electron chi connectivity index (χ3n) is 5.57. The SMILES string of the molecule is CCNC(c1ccc2c(c1)OCCO2)C1CC2CCC1C2. The highest BCUT2D eigenvalue weighted by molar-refractivity contribution is 5.45. The van der Waals surface area contributed by atoms with E-state index in [4.69, 9.17) is 9.47 Å². The van der Waals surface area contributed by atoms with Gasteiger partial charge in [0.1, 0.15) is 13.2 Å². The summed E-state index contributed by atoms with van der Waals surface area (Å²) in [5, 5.41) is 3.74. The molecule has 0 amide bonds. The van der Waals surface area contributed by atoms with Gasteiger partial charge < -0.3 is 14.8 Å². The maximum atomic E-state index is 5.76. The molecule has 1 aliphatic heterocycles. The molecule has 2 aliphatic carbocycles. The molecule has 114 valence electrons. The van der Waals surface area contributed by atoms with Gasteiger partial charge in [0.05, 0.1) is 0 Å². The maximum Gasteiger partial charge on any atom is 0.161 e. The standard InChI is InChI=1S/C18H25NO2/c1-2-19-18(15-10-12-3-4-13(15)9-12)14-5-6-16-17(11-14)21-8-7-20-16/h5-6,11-13,15,18-19H,2-4,7-10H2,1H3. The molecule has 3 nitrogen and oxygen atoms in total. The molecule has 0 saturated heterocycles. The summed E-state index contributed by atoms with van der Waals surface area (Å²) in [6.07, 6.45) is 5.75. The Labute approximate surface area is 127 Å². The number of nitrogens with one attached hydrogen (secondary N) is 1. The molecule has 0 aromatic heterocycles. The Morgan fingerprint density at radius 1 is 1.14 bits per heavy atom. The van der Waals surface area contributed by atoms with Crippen LogP contribution in [0.5, 0.6) is 11.5 Å². The first-order chi connectivity index (χ1) is 10.3. The fraction of sp³-hybridized carbons (Fsp3) is 0.667. The molecule has 0 spiro atoms. The first-order valence-corrected chi connectivity index (χ1v) is 8.48. The van der Waals surface area contributed by atoms with Gasteiger partial charge in [-0.1, -0.05) is 19.4 Å². The summed E-state index contributed by atoms with van der Waals surface area (Å²) in [6, 6.07) is 6.99. The van der Waals surface area contributed by atoms with Crippen molar-refractivity contribution in [2.75, 3.05) is 19.8 Å². The Morgan fingerprint density at radius 2 is 2.00 bits per heavy atom. The molecule has 3 aliphatic rings. The second-order valence-electron chi connectivity index (χ2n) is 6.78. The van der Waals surface area contributed by atoms with Gasteiger partial charge in [0.15, 0.2) is 11.5 Å². The minimum Gasteiger partial charge on any atom is -0.486 e. The molecule has 3 heteroatoms. The van der Waals surface area contributed by atoms with Crippen LogP contribution < -0.4 is 14.8 Å². The zero-order valence-electron chi connectivity index (χ0n) is 12.8. The van der Waals surface area contributed by atoms with Crippen LogP contribution in [-0.4, -0.2) is 19.8 Å². The molecule has 1 heterocycles. The molecule has 1 N–H and O–H groups in total. The van der Waals surface area contributed by atoms with E-state index in [1.165, 1.54) is 31.2 Å². The number of hydrogen-bond acceptors (Lipinski definition) is 3. The average molecular weight is 287 g/mol. The second-order valence-corrected chi connectivity index (χ2v) is 6.78. The second kappa shape index (κ2) is 5.53. The van der Waals surface area contributed by atoms with Crippen molar-refractivity contribution < 1.29 is 9.47 Å². The van der Waals surface area contributed by atoms with Crippen LogP contribution in [0.25, 0.3) is 0 Å². The van der Waals surface area contributed by atoms with Crippen LogP contribution in [0.1, 0.15) is 44.2 Å². The third kappa shape index (κ3) is 2.42. The molecule has 2 fully saturated rings. The first kappa shape index (κ1) is 13.4. The van der Waals surface area contributed by atoms with E-state index in [1.54, 1.807) is 0 Å². The summed E-state index contributed by atoms with van der Waals surface area (Å²) < 4.78 is 11.4. The highest BCUT2D eigenvalue weighted by Gasteiger charge is 2.43. The Bertz CT molecular complexity index is 516. The van der Waals surface area contributed by atoms with Crippen LogP contribution >= 0.6 is 0 Å². The quantitative estimate of drug-likeness (QED) is 0.918. The van der Waals surface area contributed by atoms with Gasteiger partial charge in [-0.25, -0.2) is 0 Å². The fourth-order valence-corrected chi connectivity index (χ4v) is 4.69. The van der Waals surface area contributed by atoms with Crippen molar-refractivity contribution in [2.24, 2.45) is 17.8 Å². The fourth-order valence-electron chi connectivity index (χ4n) is 4.69. The zero-order valence-corrected chi connectivity index (χ0v) is 12.8. The van der Waals surface area contributed by atoms with Crippen LogP contribution in [-0.2, 0) is 0 Å². The molecule has 4 unspecified atom stereocenters. The predicted molar refractivity (Wildman–Crippen MR) is 82.8 cm³/mol. The summed E-state index contributed by atoms with van der Waals surface area (Å²) in [5.74, 6) is 4.52. The molecule has 2 bridgehead atoms. The van der Waals surface area contributed by atoms with Crippen molar-refractivity contribution in [1.82, 2.24) is 5.32 Å². The molecular formula is C18H25NO2. The average Bonchev–Trinajstić information content (AvgIpc) is 3.15. The zero-order chi connectivity index (χ0) is 14.2. The number of fused-ring (bicyclic) bond motifs is 3. The highest BCUT2D eigenvalue weighted by Crippen LogP contribution is 2.53. The van der Waals surface area contributed by atoms with Gasteiger partial charge in [0.25, 0.3) is 0 Å². The van der Waals surface area contributed by atoms with Crippen LogP contribution in [0.4, 0.5) is 0 Å². The Kier molecular flexibility index (Phi) is 3.54. The van der Waals surface area contributed by atoms with Crippen molar-refractivity contribution in [3.8, 4) is 11.5 Å². The number of ether oxygens (including phenoxy) is 2. The molecule has 2 saturated carbocycles.